The topological polar surface area (TPSA) is 58.1 Å². The smallest absolute Gasteiger partial charge is 0.227 e. The zero-order valence-electron chi connectivity index (χ0n) is 15.1. The molecule has 0 saturated carbocycles. The van der Waals surface area contributed by atoms with Crippen LogP contribution in [-0.4, -0.2) is 33.9 Å². The van der Waals surface area contributed by atoms with Crippen LogP contribution in [0.3, 0.4) is 0 Å². The van der Waals surface area contributed by atoms with E-state index in [4.69, 9.17) is 0 Å². The number of nitrogens with one attached hydrogen (secondary N) is 1. The number of carbonyl (C=O) groups excluding carboxylic acids is 1. The van der Waals surface area contributed by atoms with Gasteiger partial charge in [0.15, 0.2) is 0 Å². The number of rotatable bonds is 4. The van der Waals surface area contributed by atoms with Crippen molar-refractivity contribution in [2.45, 2.75) is 33.2 Å². The van der Waals surface area contributed by atoms with Gasteiger partial charge >= 0.3 is 0 Å². The molecule has 0 aliphatic carbocycles. The molecule has 1 aliphatic rings. The van der Waals surface area contributed by atoms with Gasteiger partial charge in [0.05, 0.1) is 18.4 Å². The lowest BCUT2D eigenvalue weighted by molar-refractivity contribution is -0.131. The molecule has 0 atom stereocenters. The summed E-state index contributed by atoms with van der Waals surface area (Å²) in [5.41, 5.74) is 3.59. The van der Waals surface area contributed by atoms with Crippen molar-refractivity contribution in [2.75, 3.05) is 18.4 Å². The van der Waals surface area contributed by atoms with Crippen LogP contribution in [0, 0.1) is 6.92 Å². The molecule has 134 valence electrons. The number of amides is 1. The quantitative estimate of drug-likeness (QED) is 0.767. The summed E-state index contributed by atoms with van der Waals surface area (Å²) < 4.78 is 0. The fraction of sp³-hybridized carbons (Fsp3) is 0.350. The van der Waals surface area contributed by atoms with Crippen molar-refractivity contribution >= 4 is 33.3 Å². The van der Waals surface area contributed by atoms with Gasteiger partial charge in [-0.15, -0.1) is 11.3 Å². The van der Waals surface area contributed by atoms with Crippen molar-refractivity contribution in [3.63, 3.8) is 0 Å². The number of nitrogens with zero attached hydrogens (tertiary/aromatic N) is 3. The van der Waals surface area contributed by atoms with E-state index in [9.17, 15) is 4.79 Å². The summed E-state index contributed by atoms with van der Waals surface area (Å²) in [6, 6.07) is 8.11. The average molecular weight is 366 g/mol. The molecule has 1 amide bonds. The van der Waals surface area contributed by atoms with Crippen LogP contribution in [0.25, 0.3) is 10.2 Å². The van der Waals surface area contributed by atoms with E-state index < -0.39 is 0 Å². The Morgan fingerprint density at radius 1 is 1.31 bits per heavy atom. The van der Waals surface area contributed by atoms with E-state index in [1.54, 1.807) is 17.7 Å². The number of aromatic nitrogens is 2. The van der Waals surface area contributed by atoms with Gasteiger partial charge < -0.3 is 10.2 Å². The van der Waals surface area contributed by atoms with E-state index in [2.05, 4.69) is 35.2 Å². The van der Waals surface area contributed by atoms with Crippen LogP contribution in [0.1, 0.15) is 28.5 Å². The van der Waals surface area contributed by atoms with E-state index in [1.165, 1.54) is 16.0 Å². The maximum absolute atomic E-state index is 12.8. The van der Waals surface area contributed by atoms with Gasteiger partial charge in [0.25, 0.3) is 0 Å². The Hall–Kier alpha value is -2.47. The zero-order valence-corrected chi connectivity index (χ0v) is 15.9. The molecule has 0 bridgehead atoms. The van der Waals surface area contributed by atoms with E-state index in [-0.39, 0.29) is 5.91 Å². The fourth-order valence-electron chi connectivity index (χ4n) is 3.53. The van der Waals surface area contributed by atoms with Gasteiger partial charge in [-0.1, -0.05) is 24.3 Å². The summed E-state index contributed by atoms with van der Waals surface area (Å²) in [4.78, 5) is 25.9. The lowest BCUT2D eigenvalue weighted by Gasteiger charge is -2.27. The first-order valence-electron chi connectivity index (χ1n) is 8.98. The normalized spacial score (nSPS) is 13.7. The first-order chi connectivity index (χ1) is 12.7. The maximum atomic E-state index is 12.8. The molecule has 0 fully saturated rings. The highest BCUT2D eigenvalue weighted by molar-refractivity contribution is 7.19. The minimum absolute atomic E-state index is 0.195. The molecule has 3 heterocycles. The molecule has 0 unspecified atom stereocenters. The largest absolute Gasteiger partial charge is 0.370 e. The van der Waals surface area contributed by atoms with Crippen LogP contribution in [0.4, 0.5) is 5.82 Å². The van der Waals surface area contributed by atoms with E-state index in [1.807, 2.05) is 23.1 Å². The van der Waals surface area contributed by atoms with E-state index >= 15 is 0 Å². The van der Waals surface area contributed by atoms with Crippen molar-refractivity contribution < 1.29 is 4.79 Å². The Morgan fingerprint density at radius 3 is 2.96 bits per heavy atom. The molecule has 3 aromatic rings. The van der Waals surface area contributed by atoms with Crippen LogP contribution >= 0.6 is 11.3 Å². The Labute approximate surface area is 157 Å². The number of carbonyl (C=O) groups is 1. The Kier molecular flexibility index (Phi) is 4.59. The number of aryl methyl sites for hydroxylation is 1. The molecule has 26 heavy (non-hydrogen) atoms. The lowest BCUT2D eigenvalue weighted by Crippen LogP contribution is -2.36. The minimum atomic E-state index is 0.195. The maximum Gasteiger partial charge on any atom is 0.227 e. The van der Waals surface area contributed by atoms with E-state index in [0.29, 0.717) is 13.0 Å². The number of hydrogen-bond donors (Lipinski definition) is 1. The highest BCUT2D eigenvalue weighted by Gasteiger charge is 2.26. The van der Waals surface area contributed by atoms with Crippen LogP contribution in [0.2, 0.25) is 0 Å². The molecule has 0 spiro atoms. The summed E-state index contributed by atoms with van der Waals surface area (Å²) in [6.07, 6.45) is 2.94. The standard InChI is InChI=1S/C20H22N4OS/c1-3-21-19-18-15-8-9-24(11-16(15)26-20(18)23-12-22-19)17(25)10-14-7-5-4-6-13(14)2/h4-7,12H,3,8-11H2,1-2H3,(H,21,22,23). The molecular formula is C20H22N4OS. The third-order valence-electron chi connectivity index (χ3n) is 4.94. The van der Waals surface area contributed by atoms with Gasteiger partial charge in [0.2, 0.25) is 5.91 Å². The van der Waals surface area contributed by atoms with Crippen LogP contribution < -0.4 is 5.32 Å². The average Bonchev–Trinajstić information content (AvgIpc) is 3.02. The number of benzene rings is 1. The molecule has 1 N–H and O–H groups in total. The first-order valence-corrected chi connectivity index (χ1v) is 9.80. The predicted octanol–water partition coefficient (Wildman–Crippen LogP) is 3.56. The van der Waals surface area contributed by atoms with Crippen molar-refractivity contribution in [3.05, 3.63) is 52.2 Å². The molecule has 4 rings (SSSR count). The highest BCUT2D eigenvalue weighted by Crippen LogP contribution is 2.37. The monoisotopic (exact) mass is 366 g/mol. The summed E-state index contributed by atoms with van der Waals surface area (Å²) in [6.45, 7) is 6.39. The van der Waals surface area contributed by atoms with Crippen molar-refractivity contribution in [3.8, 4) is 0 Å². The molecule has 0 radical (unpaired) electrons. The summed E-state index contributed by atoms with van der Waals surface area (Å²) >= 11 is 1.69. The Morgan fingerprint density at radius 2 is 2.15 bits per heavy atom. The third kappa shape index (κ3) is 3.05. The minimum Gasteiger partial charge on any atom is -0.370 e. The van der Waals surface area contributed by atoms with Gasteiger partial charge in [-0.2, -0.15) is 0 Å². The molecule has 1 aliphatic heterocycles. The molecule has 0 saturated heterocycles. The van der Waals surface area contributed by atoms with Crippen molar-refractivity contribution in [1.29, 1.82) is 0 Å². The second kappa shape index (κ2) is 7.03. The van der Waals surface area contributed by atoms with Crippen LogP contribution in [0.5, 0.6) is 0 Å². The fourth-order valence-corrected chi connectivity index (χ4v) is 4.73. The van der Waals surface area contributed by atoms with Gasteiger partial charge in [0, 0.05) is 18.0 Å². The van der Waals surface area contributed by atoms with Gasteiger partial charge in [-0.3, -0.25) is 4.79 Å². The second-order valence-electron chi connectivity index (χ2n) is 6.61. The van der Waals surface area contributed by atoms with Crippen molar-refractivity contribution in [2.24, 2.45) is 0 Å². The number of thiophene rings is 1. The molecule has 5 nitrogen and oxygen atoms in total. The van der Waals surface area contributed by atoms with E-state index in [0.717, 1.165) is 41.1 Å². The number of fused-ring (bicyclic) bond motifs is 3. The van der Waals surface area contributed by atoms with Gasteiger partial charge in [-0.05, 0) is 37.0 Å². The number of hydrogen-bond acceptors (Lipinski definition) is 5. The molecule has 2 aromatic heterocycles. The SMILES string of the molecule is CCNc1ncnc2sc3c(c12)CCN(C(=O)Cc1ccccc1C)C3. The summed E-state index contributed by atoms with van der Waals surface area (Å²) in [5.74, 6) is 1.11. The third-order valence-corrected chi connectivity index (χ3v) is 6.06. The summed E-state index contributed by atoms with van der Waals surface area (Å²) in [7, 11) is 0. The van der Waals surface area contributed by atoms with Crippen LogP contribution in [0.15, 0.2) is 30.6 Å². The molecule has 1 aromatic carbocycles. The van der Waals surface area contributed by atoms with Crippen molar-refractivity contribution in [1.82, 2.24) is 14.9 Å². The summed E-state index contributed by atoms with van der Waals surface area (Å²) in [5, 5.41) is 4.47. The van der Waals surface area contributed by atoms with Gasteiger partial charge in [-0.25, -0.2) is 9.97 Å². The second-order valence-corrected chi connectivity index (χ2v) is 7.69. The first kappa shape index (κ1) is 17.0. The zero-order chi connectivity index (χ0) is 18.1. The molecular weight excluding hydrogens is 344 g/mol. The Bertz CT molecular complexity index is 966. The Balaban J connectivity index is 1.58. The number of anilines is 1. The predicted molar refractivity (Wildman–Crippen MR) is 106 cm³/mol. The highest BCUT2D eigenvalue weighted by atomic mass is 32.1. The van der Waals surface area contributed by atoms with Gasteiger partial charge in [0.1, 0.15) is 17.0 Å². The lowest BCUT2D eigenvalue weighted by atomic mass is 10.0. The van der Waals surface area contributed by atoms with Crippen LogP contribution in [-0.2, 0) is 24.2 Å². The molecule has 6 heteroatoms.